The molecule has 0 saturated heterocycles. The molecule has 7 nitrogen and oxygen atoms in total. The maximum absolute atomic E-state index is 11.8. The van der Waals surface area contributed by atoms with Crippen molar-refractivity contribution in [1.82, 2.24) is 5.32 Å². The normalized spacial score (nSPS) is 12.9. The van der Waals surface area contributed by atoms with Crippen molar-refractivity contribution in [3.8, 4) is 11.5 Å². The number of aliphatic hydroxyl groups excluding tert-OH is 1. The van der Waals surface area contributed by atoms with Crippen LogP contribution in [0.25, 0.3) is 0 Å². The zero-order valence-electron chi connectivity index (χ0n) is 18.6. The number of rotatable bonds is 14. The molecule has 2 aromatic carbocycles. The lowest BCUT2D eigenvalue weighted by molar-refractivity contribution is 0.0978. The molecule has 0 bridgehead atoms. The number of benzene rings is 2. The van der Waals surface area contributed by atoms with Crippen LogP contribution in [0, 0.1) is 0 Å². The van der Waals surface area contributed by atoms with E-state index in [4.69, 9.17) is 19.9 Å². The Bertz CT molecular complexity index is 810. The molecule has 0 aromatic heterocycles. The molecule has 2 atom stereocenters. The number of nitrogens with one attached hydrogen (secondary N) is 1. The standard InChI is InChI=1S/C24H34N2O5/c1-4-30-13-14-31-23-12-9-19(15-21(23)24(25)28)22(27)16-26-17(2)5-6-18-7-10-20(29-3)11-8-18/h7-12,15,17,22,26-27H,4-6,13-14,16H2,1-3H3,(H2,25,28). The Morgan fingerprint density at radius 1 is 1.16 bits per heavy atom. The van der Waals surface area contributed by atoms with Gasteiger partial charge in [0.25, 0.3) is 5.91 Å². The fraction of sp³-hybridized carbons (Fsp3) is 0.458. The lowest BCUT2D eigenvalue weighted by Gasteiger charge is -2.19. The first-order valence-corrected chi connectivity index (χ1v) is 10.6. The average Bonchev–Trinajstić information content (AvgIpc) is 2.79. The Hall–Kier alpha value is -2.61. The van der Waals surface area contributed by atoms with Gasteiger partial charge >= 0.3 is 0 Å². The van der Waals surface area contributed by atoms with Gasteiger partial charge in [0.2, 0.25) is 0 Å². The van der Waals surface area contributed by atoms with E-state index >= 15 is 0 Å². The number of aliphatic hydroxyl groups is 1. The second kappa shape index (κ2) is 12.9. The Kier molecular flexibility index (Phi) is 10.3. The number of methoxy groups -OCH3 is 1. The van der Waals surface area contributed by atoms with E-state index in [2.05, 4.69) is 24.4 Å². The SMILES string of the molecule is CCOCCOc1ccc(C(O)CNC(C)CCc2ccc(OC)cc2)cc1C(N)=O. The van der Waals surface area contributed by atoms with E-state index in [1.807, 2.05) is 19.1 Å². The molecule has 2 aromatic rings. The summed E-state index contributed by atoms with van der Waals surface area (Å²) in [6.07, 6.45) is 1.09. The van der Waals surface area contributed by atoms with Crippen LogP contribution in [-0.2, 0) is 11.2 Å². The molecule has 0 spiro atoms. The maximum Gasteiger partial charge on any atom is 0.252 e. The van der Waals surface area contributed by atoms with E-state index in [-0.39, 0.29) is 11.6 Å². The third kappa shape index (κ3) is 8.20. The molecule has 0 radical (unpaired) electrons. The molecule has 0 saturated carbocycles. The molecule has 2 unspecified atom stereocenters. The third-order valence-corrected chi connectivity index (χ3v) is 5.03. The first-order valence-electron chi connectivity index (χ1n) is 10.6. The fourth-order valence-corrected chi connectivity index (χ4v) is 3.14. The van der Waals surface area contributed by atoms with Gasteiger partial charge in [0, 0.05) is 19.2 Å². The van der Waals surface area contributed by atoms with E-state index in [0.717, 1.165) is 18.6 Å². The van der Waals surface area contributed by atoms with Gasteiger partial charge < -0.3 is 30.4 Å². The largest absolute Gasteiger partial charge is 0.497 e. The van der Waals surface area contributed by atoms with Gasteiger partial charge in [-0.2, -0.15) is 0 Å². The molecule has 0 aliphatic heterocycles. The Morgan fingerprint density at radius 2 is 1.90 bits per heavy atom. The summed E-state index contributed by atoms with van der Waals surface area (Å²) in [5.41, 5.74) is 7.59. The van der Waals surface area contributed by atoms with Gasteiger partial charge in [-0.25, -0.2) is 0 Å². The van der Waals surface area contributed by atoms with Crippen molar-refractivity contribution in [2.45, 2.75) is 38.8 Å². The van der Waals surface area contributed by atoms with Crippen molar-refractivity contribution < 1.29 is 24.1 Å². The molecule has 0 fully saturated rings. The minimum Gasteiger partial charge on any atom is -0.497 e. The number of carbonyl (C=O) groups excluding carboxylic acids is 1. The number of nitrogens with two attached hydrogens (primary N) is 1. The number of hydrogen-bond acceptors (Lipinski definition) is 6. The van der Waals surface area contributed by atoms with Gasteiger partial charge in [-0.05, 0) is 62.1 Å². The summed E-state index contributed by atoms with van der Waals surface area (Å²) in [4.78, 5) is 11.8. The van der Waals surface area contributed by atoms with Crippen LogP contribution in [0.15, 0.2) is 42.5 Å². The van der Waals surface area contributed by atoms with E-state index < -0.39 is 12.0 Å². The maximum atomic E-state index is 11.8. The van der Waals surface area contributed by atoms with Gasteiger partial charge in [0.1, 0.15) is 18.1 Å². The van der Waals surface area contributed by atoms with Gasteiger partial charge in [0.15, 0.2) is 0 Å². The van der Waals surface area contributed by atoms with Gasteiger partial charge in [-0.3, -0.25) is 4.79 Å². The molecular formula is C24H34N2O5. The van der Waals surface area contributed by atoms with Crippen molar-refractivity contribution in [1.29, 1.82) is 0 Å². The first kappa shape index (κ1) is 24.7. The number of aryl methyl sites for hydroxylation is 1. The minimum atomic E-state index is -0.765. The van der Waals surface area contributed by atoms with Crippen molar-refractivity contribution in [3.05, 3.63) is 59.2 Å². The van der Waals surface area contributed by atoms with Crippen molar-refractivity contribution in [2.24, 2.45) is 5.73 Å². The van der Waals surface area contributed by atoms with Gasteiger partial charge in [-0.15, -0.1) is 0 Å². The summed E-state index contributed by atoms with van der Waals surface area (Å²) in [6, 6.07) is 13.2. The highest BCUT2D eigenvalue weighted by molar-refractivity contribution is 5.95. The molecular weight excluding hydrogens is 396 g/mol. The van der Waals surface area contributed by atoms with Gasteiger partial charge in [-0.1, -0.05) is 18.2 Å². The van der Waals surface area contributed by atoms with Crippen LogP contribution in [0.4, 0.5) is 0 Å². The molecule has 1 amide bonds. The lowest BCUT2D eigenvalue weighted by Crippen LogP contribution is -2.31. The van der Waals surface area contributed by atoms with Gasteiger partial charge in [0.05, 0.1) is 25.4 Å². The summed E-state index contributed by atoms with van der Waals surface area (Å²) in [7, 11) is 1.65. The van der Waals surface area contributed by atoms with E-state index in [1.54, 1.807) is 25.3 Å². The van der Waals surface area contributed by atoms with Crippen molar-refractivity contribution in [2.75, 3.05) is 33.5 Å². The van der Waals surface area contributed by atoms with E-state index in [0.29, 0.717) is 37.7 Å². The topological polar surface area (TPSA) is 103 Å². The van der Waals surface area contributed by atoms with Crippen LogP contribution in [0.5, 0.6) is 11.5 Å². The van der Waals surface area contributed by atoms with Crippen molar-refractivity contribution >= 4 is 5.91 Å². The fourth-order valence-electron chi connectivity index (χ4n) is 3.14. The Labute approximate surface area is 184 Å². The molecule has 7 heteroatoms. The number of carbonyl (C=O) groups is 1. The number of primary amides is 1. The third-order valence-electron chi connectivity index (χ3n) is 5.03. The summed E-state index contributed by atoms with van der Waals surface area (Å²) < 4.78 is 16.0. The molecule has 0 aliphatic carbocycles. The van der Waals surface area contributed by atoms with Crippen LogP contribution >= 0.6 is 0 Å². The first-order chi connectivity index (χ1) is 14.9. The van der Waals surface area contributed by atoms with Crippen LogP contribution < -0.4 is 20.5 Å². The monoisotopic (exact) mass is 430 g/mol. The van der Waals surface area contributed by atoms with E-state index in [1.165, 1.54) is 5.56 Å². The smallest absolute Gasteiger partial charge is 0.252 e. The zero-order valence-corrected chi connectivity index (χ0v) is 18.6. The highest BCUT2D eigenvalue weighted by Crippen LogP contribution is 2.23. The number of ether oxygens (including phenoxy) is 3. The highest BCUT2D eigenvalue weighted by Gasteiger charge is 2.16. The summed E-state index contributed by atoms with van der Waals surface area (Å²) in [6.45, 7) is 5.70. The van der Waals surface area contributed by atoms with Crippen LogP contribution in [-0.4, -0.2) is 50.5 Å². The molecule has 0 heterocycles. The second-order valence-corrected chi connectivity index (χ2v) is 7.38. The number of hydrogen-bond donors (Lipinski definition) is 3. The van der Waals surface area contributed by atoms with Crippen LogP contribution in [0.1, 0.15) is 47.9 Å². The predicted molar refractivity (Wildman–Crippen MR) is 121 cm³/mol. The number of amides is 1. The molecule has 31 heavy (non-hydrogen) atoms. The minimum absolute atomic E-state index is 0.216. The average molecular weight is 431 g/mol. The Balaban J connectivity index is 1.86. The molecule has 2 rings (SSSR count). The quantitative estimate of drug-likeness (QED) is 0.398. The summed E-state index contributed by atoms with van der Waals surface area (Å²) in [5.74, 6) is 0.643. The van der Waals surface area contributed by atoms with Crippen molar-refractivity contribution in [3.63, 3.8) is 0 Å². The zero-order chi connectivity index (χ0) is 22.6. The lowest BCUT2D eigenvalue weighted by atomic mass is 10.0. The second-order valence-electron chi connectivity index (χ2n) is 7.38. The molecule has 4 N–H and O–H groups in total. The molecule has 170 valence electrons. The summed E-state index contributed by atoms with van der Waals surface area (Å²) in [5, 5.41) is 13.9. The summed E-state index contributed by atoms with van der Waals surface area (Å²) >= 11 is 0. The Morgan fingerprint density at radius 3 is 2.55 bits per heavy atom. The van der Waals surface area contributed by atoms with Crippen LogP contribution in [0.2, 0.25) is 0 Å². The predicted octanol–water partition coefficient (Wildman–Crippen LogP) is 2.85. The van der Waals surface area contributed by atoms with Crippen LogP contribution in [0.3, 0.4) is 0 Å². The highest BCUT2D eigenvalue weighted by atomic mass is 16.5. The van der Waals surface area contributed by atoms with E-state index in [9.17, 15) is 9.90 Å². The molecule has 0 aliphatic rings.